The largest absolute Gasteiger partial charge is 0.0757 e. The second-order valence-electron chi connectivity index (χ2n) is 8.96. The van der Waals surface area contributed by atoms with Gasteiger partial charge in [-0.1, -0.05) is 20.8 Å². The third-order valence-corrected chi connectivity index (χ3v) is 12.8. The van der Waals surface area contributed by atoms with Crippen LogP contribution in [0.15, 0.2) is 0 Å². The molecule has 17 heavy (non-hydrogen) atoms. The molecule has 102 valence electrons. The molecule has 0 aromatic rings. The lowest BCUT2D eigenvalue weighted by Gasteiger charge is -2.51. The topological polar surface area (TPSA) is 0 Å². The van der Waals surface area contributed by atoms with Gasteiger partial charge < -0.3 is 0 Å². The van der Waals surface area contributed by atoms with Crippen molar-refractivity contribution in [2.75, 3.05) is 6.16 Å². The fourth-order valence-corrected chi connectivity index (χ4v) is 12.8. The Hall–Kier alpha value is 0.430. The first-order valence-corrected chi connectivity index (χ1v) is 9.26. The summed E-state index contributed by atoms with van der Waals surface area (Å²) < 4.78 is 0. The van der Waals surface area contributed by atoms with E-state index in [9.17, 15) is 0 Å². The Morgan fingerprint density at radius 3 is 1.41 bits per heavy atom. The van der Waals surface area contributed by atoms with Crippen LogP contribution in [0.1, 0.15) is 75.2 Å². The van der Waals surface area contributed by atoms with E-state index in [1.54, 1.807) is 0 Å². The molecule has 0 aliphatic carbocycles. The van der Waals surface area contributed by atoms with Crippen molar-refractivity contribution < 1.29 is 0 Å². The van der Waals surface area contributed by atoms with Gasteiger partial charge in [-0.05, 0) is 59.8 Å². The quantitative estimate of drug-likeness (QED) is 0.480. The van der Waals surface area contributed by atoms with E-state index in [2.05, 4.69) is 62.3 Å². The van der Waals surface area contributed by atoms with Gasteiger partial charge in [-0.25, -0.2) is 0 Å². The van der Waals surface area contributed by atoms with Crippen LogP contribution in [0.2, 0.25) is 0 Å². The Kier molecular flexibility index (Phi) is 3.85. The summed E-state index contributed by atoms with van der Waals surface area (Å²) in [5.74, 6) is 0. The highest BCUT2D eigenvalue weighted by molar-refractivity contribution is 7.79. The summed E-state index contributed by atoms with van der Waals surface area (Å²) in [5, 5.41) is 0.999. The molecule has 1 saturated heterocycles. The minimum atomic E-state index is -0.946. The lowest BCUT2D eigenvalue weighted by atomic mass is 9.89. The van der Waals surface area contributed by atoms with Crippen molar-refractivity contribution in [3.8, 4) is 0 Å². The molecule has 1 aliphatic rings. The van der Waals surface area contributed by atoms with Gasteiger partial charge in [0.25, 0.3) is 0 Å². The highest BCUT2D eigenvalue weighted by Gasteiger charge is 2.66. The lowest BCUT2D eigenvalue weighted by Crippen LogP contribution is -2.43. The first-order chi connectivity index (χ1) is 7.34. The van der Waals surface area contributed by atoms with Gasteiger partial charge in [0.1, 0.15) is 0 Å². The zero-order chi connectivity index (χ0) is 13.7. The number of rotatable bonds is 0. The predicted octanol–water partition coefficient (Wildman–Crippen LogP) is 5.81. The molecule has 1 rings (SSSR count). The monoisotopic (exact) mass is 257 g/mol. The van der Waals surface area contributed by atoms with Crippen LogP contribution < -0.4 is 0 Å². The SMILES string of the molecule is CC(C)(C)C1CCC[P+]1(C(C)(C)C)C(C)(C)C. The maximum atomic E-state index is 2.51. The van der Waals surface area contributed by atoms with Crippen LogP contribution in [0.3, 0.4) is 0 Å². The maximum Gasteiger partial charge on any atom is 0.0757 e. The molecule has 1 atom stereocenters. The van der Waals surface area contributed by atoms with E-state index in [1.807, 2.05) is 0 Å². The van der Waals surface area contributed by atoms with Gasteiger partial charge in [0.2, 0.25) is 0 Å². The van der Waals surface area contributed by atoms with Gasteiger partial charge in [-0.15, -0.1) is 0 Å². The van der Waals surface area contributed by atoms with Crippen molar-refractivity contribution in [3.05, 3.63) is 0 Å². The molecule has 1 aliphatic heterocycles. The fraction of sp³-hybridized carbons (Fsp3) is 1.00. The Morgan fingerprint density at radius 2 is 1.18 bits per heavy atom. The Morgan fingerprint density at radius 1 is 0.765 bits per heavy atom. The molecule has 1 unspecified atom stereocenters. The molecule has 0 aromatic heterocycles. The second-order valence-corrected chi connectivity index (χ2v) is 14.4. The molecule has 0 bridgehead atoms. The summed E-state index contributed by atoms with van der Waals surface area (Å²) in [6, 6.07) is 0. The van der Waals surface area contributed by atoms with E-state index in [-0.39, 0.29) is 0 Å². The van der Waals surface area contributed by atoms with E-state index in [0.717, 1.165) is 5.66 Å². The number of hydrogen-bond acceptors (Lipinski definition) is 0. The molecule has 0 radical (unpaired) electrons. The smallest absolute Gasteiger partial charge is 0.0564 e. The fourth-order valence-electron chi connectivity index (χ4n) is 4.62. The highest BCUT2D eigenvalue weighted by Crippen LogP contribution is 2.85. The molecule has 0 amide bonds. The summed E-state index contributed by atoms with van der Waals surface area (Å²) in [5.41, 5.74) is 1.43. The third kappa shape index (κ3) is 2.44. The normalized spacial score (nSPS) is 26.3. The van der Waals surface area contributed by atoms with Crippen molar-refractivity contribution in [3.63, 3.8) is 0 Å². The van der Waals surface area contributed by atoms with Crippen molar-refractivity contribution in [1.82, 2.24) is 0 Å². The Bertz CT molecular complexity index is 255. The predicted molar refractivity (Wildman–Crippen MR) is 83.8 cm³/mol. The lowest BCUT2D eigenvalue weighted by molar-refractivity contribution is 0.373. The zero-order valence-electron chi connectivity index (χ0n) is 13.6. The van der Waals surface area contributed by atoms with Gasteiger partial charge >= 0.3 is 0 Å². The summed E-state index contributed by atoms with van der Waals surface area (Å²) in [4.78, 5) is 0. The van der Waals surface area contributed by atoms with Crippen LogP contribution in [0.25, 0.3) is 0 Å². The zero-order valence-corrected chi connectivity index (χ0v) is 14.5. The second kappa shape index (κ2) is 4.22. The van der Waals surface area contributed by atoms with Gasteiger partial charge in [0.05, 0.1) is 22.1 Å². The van der Waals surface area contributed by atoms with Crippen LogP contribution in [0, 0.1) is 5.41 Å². The highest BCUT2D eigenvalue weighted by atomic mass is 31.2. The molecule has 1 heteroatoms. The average Bonchev–Trinajstić information content (AvgIpc) is 2.42. The van der Waals surface area contributed by atoms with Crippen molar-refractivity contribution in [1.29, 1.82) is 0 Å². The standard InChI is InChI=1S/C16H34P/c1-14(2,3)13-11-10-12-17(13,15(4,5)6)16(7,8)9/h13H,10-12H2,1-9H3/q+1. The summed E-state index contributed by atoms with van der Waals surface area (Å²) in [6.45, 7) is 22.5. The molecular weight excluding hydrogens is 223 g/mol. The summed E-state index contributed by atoms with van der Waals surface area (Å²) in [7, 11) is -0.946. The first-order valence-electron chi connectivity index (χ1n) is 7.22. The minimum absolute atomic E-state index is 0.477. The van der Waals surface area contributed by atoms with E-state index >= 15 is 0 Å². The molecule has 0 spiro atoms. The molecule has 0 N–H and O–H groups in total. The van der Waals surface area contributed by atoms with Crippen LogP contribution in [-0.4, -0.2) is 22.1 Å². The molecule has 1 heterocycles. The van der Waals surface area contributed by atoms with Gasteiger partial charge in [0.15, 0.2) is 0 Å². The maximum absolute atomic E-state index is 2.51. The Balaban J connectivity index is 3.34. The van der Waals surface area contributed by atoms with Gasteiger partial charge in [-0.2, -0.15) is 0 Å². The molecule has 1 fully saturated rings. The van der Waals surface area contributed by atoms with Crippen molar-refractivity contribution in [2.24, 2.45) is 5.41 Å². The summed E-state index contributed by atoms with van der Waals surface area (Å²) in [6.07, 6.45) is 4.44. The Labute approximate surface area is 110 Å². The van der Waals surface area contributed by atoms with Gasteiger partial charge in [-0.3, -0.25) is 0 Å². The molecule has 0 saturated carbocycles. The van der Waals surface area contributed by atoms with Gasteiger partial charge in [0, 0.05) is 7.26 Å². The minimum Gasteiger partial charge on any atom is -0.0564 e. The van der Waals surface area contributed by atoms with E-state index in [4.69, 9.17) is 0 Å². The molecular formula is C16H34P+. The van der Waals surface area contributed by atoms with Crippen LogP contribution in [0.4, 0.5) is 0 Å². The average molecular weight is 257 g/mol. The number of hydrogen-bond donors (Lipinski definition) is 0. The summed E-state index contributed by atoms with van der Waals surface area (Å²) >= 11 is 0. The van der Waals surface area contributed by atoms with E-state index in [0.29, 0.717) is 15.7 Å². The van der Waals surface area contributed by atoms with Crippen molar-refractivity contribution >= 4 is 7.26 Å². The third-order valence-electron chi connectivity index (χ3n) is 4.91. The van der Waals surface area contributed by atoms with Crippen LogP contribution in [0.5, 0.6) is 0 Å². The van der Waals surface area contributed by atoms with Crippen LogP contribution >= 0.6 is 7.26 Å². The molecule has 0 aromatic carbocycles. The van der Waals surface area contributed by atoms with Crippen LogP contribution in [-0.2, 0) is 0 Å². The first kappa shape index (κ1) is 15.5. The molecule has 0 nitrogen and oxygen atoms in total. The van der Waals surface area contributed by atoms with E-state index < -0.39 is 7.26 Å². The van der Waals surface area contributed by atoms with E-state index in [1.165, 1.54) is 19.0 Å². The van der Waals surface area contributed by atoms with Crippen molar-refractivity contribution in [2.45, 2.75) is 91.1 Å².